The number of alkyl halides is 3. The van der Waals surface area contributed by atoms with E-state index >= 15 is 0 Å². The largest absolute Gasteiger partial charge is 0.497 e. The molecule has 0 fully saturated rings. The zero-order chi connectivity index (χ0) is 36.3. The van der Waals surface area contributed by atoms with Crippen LogP contribution >= 0.6 is 0 Å². The van der Waals surface area contributed by atoms with Crippen LogP contribution in [0.1, 0.15) is 42.1 Å². The monoisotopic (exact) mass is 715 g/mol. The average Bonchev–Trinajstić information content (AvgIpc) is 3.52. The first-order valence-electron chi connectivity index (χ1n) is 16.1. The van der Waals surface area contributed by atoms with Crippen molar-refractivity contribution in [3.05, 3.63) is 138 Å². The van der Waals surface area contributed by atoms with Gasteiger partial charge in [-0.1, -0.05) is 56.3 Å². The highest BCUT2D eigenvalue weighted by Gasteiger charge is 2.35. The Morgan fingerprint density at radius 3 is 1.86 bits per heavy atom. The molecule has 2 heterocycles. The molecule has 0 aliphatic carbocycles. The van der Waals surface area contributed by atoms with E-state index in [-0.39, 0.29) is 35.3 Å². The second-order valence-electron chi connectivity index (χ2n) is 12.2. The summed E-state index contributed by atoms with van der Waals surface area (Å²) in [6, 6.07) is 29.9. The number of rotatable bonds is 12. The standard InChI is InChI=1S/C39H36F3N3O5S/c1-26(2)36-37(45-21-7-12-35(38(45)43-36)39(40,41)42)29-8-5-9-32(22-29)50-33-10-6-11-34(23-33)51(46,47)44(24-27-13-17-30(48-3)18-14-27)25-28-15-19-31(49-4)20-16-28/h5-23,26H,24-25H2,1-4H3. The summed E-state index contributed by atoms with van der Waals surface area (Å²) in [6.07, 6.45) is -3.02. The van der Waals surface area contributed by atoms with Gasteiger partial charge in [0.2, 0.25) is 10.0 Å². The first-order valence-corrected chi connectivity index (χ1v) is 17.5. The quantitative estimate of drug-likeness (QED) is 0.126. The molecule has 0 spiro atoms. The third kappa shape index (κ3) is 7.72. The summed E-state index contributed by atoms with van der Waals surface area (Å²) < 4.78 is 89.7. The Hall–Kier alpha value is -5.33. The molecule has 0 amide bonds. The summed E-state index contributed by atoms with van der Waals surface area (Å²) >= 11 is 0. The predicted octanol–water partition coefficient (Wildman–Crippen LogP) is 9.34. The van der Waals surface area contributed by atoms with E-state index in [2.05, 4.69) is 4.98 Å². The van der Waals surface area contributed by atoms with Crippen LogP contribution < -0.4 is 14.2 Å². The molecule has 4 aromatic carbocycles. The Kier molecular flexibility index (Phi) is 10.1. The number of imidazole rings is 1. The molecule has 12 heteroatoms. The Bertz CT molecular complexity index is 2200. The van der Waals surface area contributed by atoms with Gasteiger partial charge in [-0.2, -0.15) is 17.5 Å². The zero-order valence-corrected chi connectivity index (χ0v) is 29.2. The molecule has 0 aliphatic heterocycles. The number of methoxy groups -OCH3 is 2. The van der Waals surface area contributed by atoms with Crippen LogP contribution in [0.5, 0.6) is 23.0 Å². The molecule has 51 heavy (non-hydrogen) atoms. The normalized spacial score (nSPS) is 12.1. The molecule has 0 radical (unpaired) electrons. The van der Waals surface area contributed by atoms with Gasteiger partial charge >= 0.3 is 6.18 Å². The van der Waals surface area contributed by atoms with Crippen LogP contribution in [-0.4, -0.2) is 36.3 Å². The van der Waals surface area contributed by atoms with Crippen molar-refractivity contribution in [2.24, 2.45) is 0 Å². The highest BCUT2D eigenvalue weighted by Crippen LogP contribution is 2.38. The molecule has 264 valence electrons. The topological polar surface area (TPSA) is 82.4 Å². The lowest BCUT2D eigenvalue weighted by Crippen LogP contribution is -2.30. The lowest BCUT2D eigenvalue weighted by molar-refractivity contribution is -0.136. The Morgan fingerprint density at radius 2 is 1.31 bits per heavy atom. The molecule has 2 aromatic heterocycles. The molecule has 0 saturated carbocycles. The minimum atomic E-state index is -4.57. The number of aromatic nitrogens is 2. The summed E-state index contributed by atoms with van der Waals surface area (Å²) in [7, 11) is -0.924. The van der Waals surface area contributed by atoms with Gasteiger partial charge in [0.1, 0.15) is 28.6 Å². The minimum Gasteiger partial charge on any atom is -0.497 e. The van der Waals surface area contributed by atoms with Crippen molar-refractivity contribution in [2.45, 2.75) is 43.9 Å². The fourth-order valence-electron chi connectivity index (χ4n) is 5.78. The molecule has 0 unspecified atom stereocenters. The minimum absolute atomic E-state index is 0.0294. The van der Waals surface area contributed by atoms with Crippen LogP contribution in [0.15, 0.2) is 120 Å². The SMILES string of the molecule is COc1ccc(CN(Cc2ccc(OC)cc2)S(=O)(=O)c2cccc(Oc3cccc(-c4c(C(C)C)nc5c(C(F)(F)F)cccn45)c3)c2)cc1. The summed E-state index contributed by atoms with van der Waals surface area (Å²) in [4.78, 5) is 4.45. The third-order valence-corrected chi connectivity index (χ3v) is 10.1. The maximum Gasteiger partial charge on any atom is 0.419 e. The van der Waals surface area contributed by atoms with Crippen LogP contribution in [0, 0.1) is 0 Å². The van der Waals surface area contributed by atoms with E-state index in [9.17, 15) is 21.6 Å². The molecule has 0 atom stereocenters. The van der Waals surface area contributed by atoms with Gasteiger partial charge in [0.05, 0.1) is 36.1 Å². The highest BCUT2D eigenvalue weighted by molar-refractivity contribution is 7.89. The van der Waals surface area contributed by atoms with Crippen molar-refractivity contribution in [1.29, 1.82) is 0 Å². The molecule has 0 N–H and O–H groups in total. The van der Waals surface area contributed by atoms with Crippen molar-refractivity contribution in [3.8, 4) is 34.3 Å². The molecule has 6 rings (SSSR count). The van der Waals surface area contributed by atoms with Gasteiger partial charge in [-0.25, -0.2) is 13.4 Å². The van der Waals surface area contributed by atoms with E-state index in [1.165, 1.54) is 26.9 Å². The van der Waals surface area contributed by atoms with Crippen molar-refractivity contribution in [2.75, 3.05) is 14.2 Å². The molecular weight excluding hydrogens is 680 g/mol. The van der Waals surface area contributed by atoms with Crippen LogP contribution in [0.2, 0.25) is 0 Å². The second kappa shape index (κ2) is 14.5. The van der Waals surface area contributed by atoms with E-state index in [4.69, 9.17) is 14.2 Å². The van der Waals surface area contributed by atoms with Crippen molar-refractivity contribution >= 4 is 15.7 Å². The number of sulfonamides is 1. The fourth-order valence-corrected chi connectivity index (χ4v) is 7.23. The summed E-state index contributed by atoms with van der Waals surface area (Å²) in [5, 5.41) is 0. The summed E-state index contributed by atoms with van der Waals surface area (Å²) in [5.41, 5.74) is 2.15. The maximum absolute atomic E-state index is 14.3. The molecule has 0 aliphatic rings. The number of nitrogens with zero attached hydrogens (tertiary/aromatic N) is 3. The number of pyridine rings is 1. The number of hydrogen-bond acceptors (Lipinski definition) is 6. The highest BCUT2D eigenvalue weighted by atomic mass is 32.2. The van der Waals surface area contributed by atoms with Gasteiger partial charge in [0.25, 0.3) is 0 Å². The Balaban J connectivity index is 1.32. The van der Waals surface area contributed by atoms with Gasteiger partial charge < -0.3 is 14.2 Å². The second-order valence-corrected chi connectivity index (χ2v) is 14.1. The first-order chi connectivity index (χ1) is 24.4. The Morgan fingerprint density at radius 1 is 0.745 bits per heavy atom. The van der Waals surface area contributed by atoms with Crippen molar-refractivity contribution in [3.63, 3.8) is 0 Å². The van der Waals surface area contributed by atoms with Crippen LogP contribution in [0.4, 0.5) is 13.2 Å². The van der Waals surface area contributed by atoms with Gasteiger partial charge in [-0.3, -0.25) is 4.40 Å². The number of hydrogen-bond donors (Lipinski definition) is 0. The van der Waals surface area contributed by atoms with E-state index in [0.29, 0.717) is 34.2 Å². The van der Waals surface area contributed by atoms with Crippen LogP contribution in [-0.2, 0) is 29.3 Å². The average molecular weight is 716 g/mol. The van der Waals surface area contributed by atoms with E-state index < -0.39 is 21.8 Å². The van der Waals surface area contributed by atoms with Gasteiger partial charge in [-0.15, -0.1) is 0 Å². The third-order valence-electron chi connectivity index (χ3n) is 8.35. The summed E-state index contributed by atoms with van der Waals surface area (Å²) in [5.74, 6) is 1.78. The molecule has 0 bridgehead atoms. The molecule has 6 aromatic rings. The molecular formula is C39H36F3N3O5S. The first kappa shape index (κ1) is 35.5. The summed E-state index contributed by atoms with van der Waals surface area (Å²) in [6.45, 7) is 3.94. The number of halogens is 3. The zero-order valence-electron chi connectivity index (χ0n) is 28.4. The van der Waals surface area contributed by atoms with E-state index in [0.717, 1.165) is 17.2 Å². The van der Waals surface area contributed by atoms with Gasteiger partial charge in [0.15, 0.2) is 0 Å². The molecule has 0 saturated heterocycles. The van der Waals surface area contributed by atoms with Crippen LogP contribution in [0.3, 0.4) is 0 Å². The van der Waals surface area contributed by atoms with Crippen LogP contribution in [0.25, 0.3) is 16.9 Å². The number of ether oxygens (including phenoxy) is 3. The van der Waals surface area contributed by atoms with Crippen molar-refractivity contribution in [1.82, 2.24) is 13.7 Å². The van der Waals surface area contributed by atoms with Crippen molar-refractivity contribution < 1.29 is 35.8 Å². The lowest BCUT2D eigenvalue weighted by atomic mass is 10.0. The molecule has 8 nitrogen and oxygen atoms in total. The number of benzene rings is 4. The Labute approximate surface area is 294 Å². The maximum atomic E-state index is 14.3. The lowest BCUT2D eigenvalue weighted by Gasteiger charge is -2.23. The van der Waals surface area contributed by atoms with Gasteiger partial charge in [0, 0.05) is 30.9 Å². The smallest absolute Gasteiger partial charge is 0.419 e. The fraction of sp³-hybridized carbons (Fsp3) is 0.205. The van der Waals surface area contributed by atoms with E-state index in [1.54, 1.807) is 81.1 Å². The van der Waals surface area contributed by atoms with E-state index in [1.807, 2.05) is 38.1 Å². The van der Waals surface area contributed by atoms with Gasteiger partial charge in [-0.05, 0) is 77.7 Å². The number of fused-ring (bicyclic) bond motifs is 1. The predicted molar refractivity (Wildman–Crippen MR) is 189 cm³/mol.